The third kappa shape index (κ3) is 4.34. The molecule has 2 aliphatic rings. The van der Waals surface area contributed by atoms with Crippen molar-refractivity contribution in [1.29, 1.82) is 0 Å². The first-order chi connectivity index (χ1) is 13.9. The monoisotopic (exact) mass is 395 g/mol. The molecule has 0 bridgehead atoms. The van der Waals surface area contributed by atoms with Crippen molar-refractivity contribution < 1.29 is 9.32 Å². The third-order valence-electron chi connectivity index (χ3n) is 7.17. The van der Waals surface area contributed by atoms with Crippen LogP contribution >= 0.6 is 0 Å². The van der Waals surface area contributed by atoms with Crippen LogP contribution in [0.3, 0.4) is 0 Å². The smallest absolute Gasteiger partial charge is 0.223 e. The molecular formula is C24H33N3O2. The second-order valence-corrected chi connectivity index (χ2v) is 9.48. The van der Waals surface area contributed by atoms with Gasteiger partial charge in [-0.25, -0.2) is 0 Å². The maximum Gasteiger partial charge on any atom is 0.223 e. The predicted octanol–water partition coefficient (Wildman–Crippen LogP) is 4.57. The lowest BCUT2D eigenvalue weighted by Gasteiger charge is -2.52. The fourth-order valence-corrected chi connectivity index (χ4v) is 4.87. The fourth-order valence-electron chi connectivity index (χ4n) is 4.87. The molecule has 1 heterocycles. The van der Waals surface area contributed by atoms with Crippen LogP contribution < -0.4 is 10.2 Å². The molecule has 2 fully saturated rings. The summed E-state index contributed by atoms with van der Waals surface area (Å²) in [6.07, 6.45) is 6.44. The molecule has 29 heavy (non-hydrogen) atoms. The summed E-state index contributed by atoms with van der Waals surface area (Å²) in [6.45, 7) is 5.24. The van der Waals surface area contributed by atoms with Gasteiger partial charge in [0.05, 0.1) is 12.2 Å². The number of para-hydroxylation sites is 1. The molecule has 0 aliphatic heterocycles. The summed E-state index contributed by atoms with van der Waals surface area (Å²) in [6, 6.07) is 12.6. The first-order valence-electron chi connectivity index (χ1n) is 10.9. The van der Waals surface area contributed by atoms with E-state index >= 15 is 0 Å². The first-order valence-corrected chi connectivity index (χ1v) is 10.9. The molecule has 1 aromatic heterocycles. The third-order valence-corrected chi connectivity index (χ3v) is 7.17. The molecule has 1 aromatic carbocycles. The minimum Gasteiger partial charge on any atom is -0.367 e. The molecule has 156 valence electrons. The highest BCUT2D eigenvalue weighted by Crippen LogP contribution is 2.48. The quantitative estimate of drug-likeness (QED) is 0.746. The Morgan fingerprint density at radius 2 is 1.97 bits per heavy atom. The van der Waals surface area contributed by atoms with E-state index in [0.29, 0.717) is 12.5 Å². The highest BCUT2D eigenvalue weighted by atomic mass is 16.5. The van der Waals surface area contributed by atoms with Crippen molar-refractivity contribution in [2.75, 3.05) is 11.9 Å². The number of amides is 1. The van der Waals surface area contributed by atoms with E-state index in [9.17, 15) is 4.79 Å². The molecule has 5 nitrogen and oxygen atoms in total. The summed E-state index contributed by atoms with van der Waals surface area (Å²) < 4.78 is 5.59. The maximum absolute atomic E-state index is 12.5. The Hall–Kier alpha value is -2.30. The van der Waals surface area contributed by atoms with Gasteiger partial charge in [-0.3, -0.25) is 4.79 Å². The Labute approximate surface area is 173 Å². The summed E-state index contributed by atoms with van der Waals surface area (Å²) in [5, 5.41) is 7.63. The van der Waals surface area contributed by atoms with E-state index < -0.39 is 0 Å². The number of anilines is 1. The minimum absolute atomic E-state index is 0.0915. The molecule has 1 N–H and O–H groups in total. The molecule has 4 rings (SSSR count). The maximum atomic E-state index is 12.5. The molecule has 5 heteroatoms. The zero-order valence-corrected chi connectivity index (χ0v) is 17.9. The van der Waals surface area contributed by atoms with Gasteiger partial charge < -0.3 is 14.7 Å². The number of nitrogens with one attached hydrogen (secondary N) is 1. The molecule has 0 unspecified atom stereocenters. The van der Waals surface area contributed by atoms with Gasteiger partial charge in [-0.15, -0.1) is 0 Å². The van der Waals surface area contributed by atoms with Gasteiger partial charge in [0.25, 0.3) is 0 Å². The van der Waals surface area contributed by atoms with Crippen molar-refractivity contribution in [3.05, 3.63) is 47.9 Å². The number of nitrogens with zero attached hydrogens (tertiary/aromatic N) is 2. The number of benzene rings is 1. The highest BCUT2D eigenvalue weighted by molar-refractivity contribution is 5.79. The standard InChI is InChI=1S/C24H33N3O2/c1-24(2)18(14-22(24)25-23(28)17-9-7-8-10-17)13-19-15-21(29-26-19)16-27(3)20-11-5-4-6-12-20/h4-6,11-12,15,17-18,22H,7-10,13-14,16H2,1-3H3,(H,25,28)/t18-,22+/m1/s1. The summed E-state index contributed by atoms with van der Waals surface area (Å²) >= 11 is 0. The molecule has 2 saturated carbocycles. The number of carbonyl (C=O) groups excluding carboxylic acids is 1. The van der Waals surface area contributed by atoms with Crippen LogP contribution in [0, 0.1) is 17.3 Å². The van der Waals surface area contributed by atoms with Crippen LogP contribution in [0.15, 0.2) is 40.9 Å². The van der Waals surface area contributed by atoms with Gasteiger partial charge in [0.1, 0.15) is 0 Å². The second kappa shape index (κ2) is 8.21. The van der Waals surface area contributed by atoms with Crippen LogP contribution in [0.2, 0.25) is 0 Å². The Bertz CT molecular complexity index is 824. The lowest BCUT2D eigenvalue weighted by molar-refractivity contribution is -0.129. The van der Waals surface area contributed by atoms with E-state index in [1.165, 1.54) is 12.8 Å². The van der Waals surface area contributed by atoms with Crippen LogP contribution in [0.4, 0.5) is 5.69 Å². The van der Waals surface area contributed by atoms with Crippen molar-refractivity contribution in [2.24, 2.45) is 17.3 Å². The van der Waals surface area contributed by atoms with Crippen molar-refractivity contribution in [3.63, 3.8) is 0 Å². The van der Waals surface area contributed by atoms with Crippen LogP contribution in [-0.4, -0.2) is 24.2 Å². The van der Waals surface area contributed by atoms with Gasteiger partial charge in [-0.1, -0.05) is 50.0 Å². The van der Waals surface area contributed by atoms with Gasteiger partial charge in [0, 0.05) is 30.8 Å². The van der Waals surface area contributed by atoms with Crippen molar-refractivity contribution in [2.45, 2.75) is 65.0 Å². The first kappa shape index (κ1) is 20.0. The summed E-state index contributed by atoms with van der Waals surface area (Å²) in [5.41, 5.74) is 2.26. The number of carbonyl (C=O) groups is 1. The van der Waals surface area contributed by atoms with E-state index in [1.54, 1.807) is 0 Å². The largest absolute Gasteiger partial charge is 0.367 e. The van der Waals surface area contributed by atoms with Crippen LogP contribution in [0.25, 0.3) is 0 Å². The molecule has 2 aromatic rings. The van der Waals surface area contributed by atoms with E-state index in [1.807, 2.05) is 18.2 Å². The average molecular weight is 396 g/mol. The van der Waals surface area contributed by atoms with Crippen molar-refractivity contribution in [3.8, 4) is 0 Å². The van der Waals surface area contributed by atoms with Gasteiger partial charge in [-0.2, -0.15) is 0 Å². The van der Waals surface area contributed by atoms with Crippen molar-refractivity contribution in [1.82, 2.24) is 10.5 Å². The van der Waals surface area contributed by atoms with E-state index in [0.717, 1.165) is 42.8 Å². The van der Waals surface area contributed by atoms with Crippen LogP contribution in [0.5, 0.6) is 0 Å². The number of hydrogen-bond donors (Lipinski definition) is 1. The zero-order valence-electron chi connectivity index (χ0n) is 17.9. The number of rotatable bonds is 7. The zero-order chi connectivity index (χ0) is 20.4. The van der Waals surface area contributed by atoms with Crippen LogP contribution in [-0.2, 0) is 17.8 Å². The summed E-state index contributed by atoms with van der Waals surface area (Å²) in [5.74, 6) is 1.91. The molecule has 2 aliphatic carbocycles. The summed E-state index contributed by atoms with van der Waals surface area (Å²) in [7, 11) is 2.06. The predicted molar refractivity (Wildman–Crippen MR) is 115 cm³/mol. The van der Waals surface area contributed by atoms with Gasteiger partial charge in [-0.05, 0) is 49.1 Å². The lowest BCUT2D eigenvalue weighted by Crippen LogP contribution is -2.59. The summed E-state index contributed by atoms with van der Waals surface area (Å²) in [4.78, 5) is 14.6. The number of aromatic nitrogens is 1. The normalized spacial score (nSPS) is 23.6. The molecule has 2 atom stereocenters. The molecule has 0 saturated heterocycles. The molecular weight excluding hydrogens is 362 g/mol. The van der Waals surface area contributed by atoms with E-state index in [2.05, 4.69) is 54.5 Å². The van der Waals surface area contributed by atoms with Gasteiger partial charge in [0.2, 0.25) is 5.91 Å². The van der Waals surface area contributed by atoms with Crippen molar-refractivity contribution >= 4 is 11.6 Å². The number of hydrogen-bond acceptors (Lipinski definition) is 4. The average Bonchev–Trinajstić information content (AvgIpc) is 3.40. The van der Waals surface area contributed by atoms with Gasteiger partial charge >= 0.3 is 0 Å². The topological polar surface area (TPSA) is 58.4 Å². The Morgan fingerprint density at radius 1 is 1.24 bits per heavy atom. The van der Waals surface area contributed by atoms with E-state index in [4.69, 9.17) is 4.52 Å². The Kier molecular flexibility index (Phi) is 5.66. The Morgan fingerprint density at radius 3 is 2.66 bits per heavy atom. The lowest BCUT2D eigenvalue weighted by atomic mass is 9.57. The molecule has 0 radical (unpaired) electrons. The van der Waals surface area contributed by atoms with E-state index in [-0.39, 0.29) is 23.3 Å². The minimum atomic E-state index is 0.0915. The second-order valence-electron chi connectivity index (χ2n) is 9.48. The van der Waals surface area contributed by atoms with Crippen LogP contribution in [0.1, 0.15) is 57.4 Å². The fraction of sp³-hybridized carbons (Fsp3) is 0.583. The SMILES string of the molecule is CN(Cc1cc(C[C@@H]2C[C@H](NC(=O)C3CCCC3)C2(C)C)no1)c1ccccc1. The molecule has 0 spiro atoms. The Balaban J connectivity index is 1.29. The highest BCUT2D eigenvalue weighted by Gasteiger charge is 2.49. The van der Waals surface area contributed by atoms with Gasteiger partial charge in [0.15, 0.2) is 5.76 Å². The molecule has 1 amide bonds.